The zero-order valence-corrected chi connectivity index (χ0v) is 13.7. The molecule has 2 heteroatoms. The van der Waals surface area contributed by atoms with Gasteiger partial charge in [-0.3, -0.25) is 4.90 Å². The number of hydrogen-bond acceptors (Lipinski definition) is 2. The molecule has 1 aliphatic rings. The largest absolute Gasteiger partial charge is 0.309 e. The fraction of sp³-hybridized carbons (Fsp3) is 0.667. The molecule has 1 saturated heterocycles. The summed E-state index contributed by atoms with van der Waals surface area (Å²) in [4.78, 5) is 2.73. The van der Waals surface area contributed by atoms with Gasteiger partial charge in [0.15, 0.2) is 0 Å². The molecule has 0 aromatic heterocycles. The summed E-state index contributed by atoms with van der Waals surface area (Å²) in [6.07, 6.45) is 1.22. The van der Waals surface area contributed by atoms with Gasteiger partial charge in [-0.2, -0.15) is 0 Å². The fourth-order valence-corrected chi connectivity index (χ4v) is 3.53. The van der Waals surface area contributed by atoms with Crippen molar-refractivity contribution >= 4 is 0 Å². The second kappa shape index (κ2) is 6.28. The Morgan fingerprint density at radius 3 is 2.45 bits per heavy atom. The van der Waals surface area contributed by atoms with Crippen molar-refractivity contribution in [1.29, 1.82) is 0 Å². The van der Waals surface area contributed by atoms with Gasteiger partial charge in [0.05, 0.1) is 0 Å². The Morgan fingerprint density at radius 1 is 1.25 bits per heavy atom. The van der Waals surface area contributed by atoms with Crippen LogP contribution in [0.25, 0.3) is 0 Å². The maximum absolute atomic E-state index is 3.71. The number of nitrogens with one attached hydrogen (secondary N) is 1. The van der Waals surface area contributed by atoms with Crippen molar-refractivity contribution in [2.45, 2.75) is 58.7 Å². The third-order valence-corrected chi connectivity index (χ3v) is 4.55. The molecule has 0 radical (unpaired) electrons. The molecule has 0 aliphatic carbocycles. The number of rotatable bonds is 4. The number of hydrogen-bond donors (Lipinski definition) is 1. The Morgan fingerprint density at radius 2 is 1.90 bits per heavy atom. The highest BCUT2D eigenvalue weighted by atomic mass is 15.3. The molecule has 1 aliphatic heterocycles. The quantitative estimate of drug-likeness (QED) is 0.897. The highest BCUT2D eigenvalue weighted by Crippen LogP contribution is 2.32. The summed E-state index contributed by atoms with van der Waals surface area (Å²) < 4.78 is 0. The maximum Gasteiger partial charge on any atom is 0.0476 e. The Kier molecular flexibility index (Phi) is 4.87. The zero-order chi connectivity index (χ0) is 14.8. The van der Waals surface area contributed by atoms with Gasteiger partial charge in [0.25, 0.3) is 0 Å². The number of piperazine rings is 1. The second-order valence-corrected chi connectivity index (χ2v) is 7.08. The Hall–Kier alpha value is -0.860. The molecule has 2 unspecified atom stereocenters. The van der Waals surface area contributed by atoms with E-state index < -0.39 is 0 Å². The minimum atomic E-state index is 0.202. The average Bonchev–Trinajstić information content (AvgIpc) is 2.39. The van der Waals surface area contributed by atoms with E-state index >= 15 is 0 Å². The van der Waals surface area contributed by atoms with Gasteiger partial charge in [-0.05, 0) is 31.7 Å². The molecule has 20 heavy (non-hydrogen) atoms. The van der Waals surface area contributed by atoms with Gasteiger partial charge in [-0.25, -0.2) is 0 Å². The highest BCUT2D eigenvalue weighted by Gasteiger charge is 2.37. The number of benzene rings is 1. The van der Waals surface area contributed by atoms with Crippen LogP contribution in [-0.4, -0.2) is 29.6 Å². The summed E-state index contributed by atoms with van der Waals surface area (Å²) in [6.45, 7) is 13.8. The summed E-state index contributed by atoms with van der Waals surface area (Å²) >= 11 is 0. The fourth-order valence-electron chi connectivity index (χ4n) is 3.53. The highest BCUT2D eigenvalue weighted by molar-refractivity contribution is 5.21. The van der Waals surface area contributed by atoms with Gasteiger partial charge < -0.3 is 5.32 Å². The summed E-state index contributed by atoms with van der Waals surface area (Å²) in [5, 5.41) is 3.71. The van der Waals surface area contributed by atoms with Crippen LogP contribution in [0.2, 0.25) is 0 Å². The van der Waals surface area contributed by atoms with E-state index in [-0.39, 0.29) is 5.54 Å². The lowest BCUT2D eigenvalue weighted by Crippen LogP contribution is -2.61. The third kappa shape index (κ3) is 3.42. The zero-order valence-electron chi connectivity index (χ0n) is 13.7. The van der Waals surface area contributed by atoms with E-state index in [0.717, 1.165) is 13.1 Å². The Labute approximate surface area is 124 Å². The molecule has 1 heterocycles. The molecular formula is C18H30N2. The minimum absolute atomic E-state index is 0.202. The summed E-state index contributed by atoms with van der Waals surface area (Å²) in [5.41, 5.74) is 1.64. The van der Waals surface area contributed by atoms with Crippen LogP contribution >= 0.6 is 0 Å². The lowest BCUT2D eigenvalue weighted by molar-refractivity contribution is 0.0321. The molecule has 112 valence electrons. The summed E-state index contributed by atoms with van der Waals surface area (Å²) in [6, 6.07) is 12.1. The number of nitrogens with zero attached hydrogens (tertiary/aromatic N) is 1. The van der Waals surface area contributed by atoms with Gasteiger partial charge in [-0.1, -0.05) is 51.1 Å². The molecule has 1 N–H and O–H groups in total. The third-order valence-electron chi connectivity index (χ3n) is 4.55. The van der Waals surface area contributed by atoms with Crippen molar-refractivity contribution in [3.63, 3.8) is 0 Å². The van der Waals surface area contributed by atoms with Crippen LogP contribution in [0.15, 0.2) is 30.3 Å². The van der Waals surface area contributed by atoms with Crippen LogP contribution in [0.5, 0.6) is 0 Å². The van der Waals surface area contributed by atoms with Crippen LogP contribution in [0.4, 0.5) is 0 Å². The van der Waals surface area contributed by atoms with Crippen LogP contribution in [-0.2, 0) is 0 Å². The van der Waals surface area contributed by atoms with Crippen LogP contribution in [0.1, 0.15) is 52.6 Å². The van der Waals surface area contributed by atoms with Crippen molar-refractivity contribution in [3.8, 4) is 0 Å². The molecular weight excluding hydrogens is 244 g/mol. The van der Waals surface area contributed by atoms with Gasteiger partial charge in [0.2, 0.25) is 0 Å². The standard InChI is InChI=1S/C18H30N2/c1-6-16(14(2)3)20-13-18(4,5)19-12-17(20)15-10-8-7-9-11-15/h7-11,14,16-17,19H,6,12-13H2,1-5H3. The molecule has 2 atom stereocenters. The van der Waals surface area contributed by atoms with Crippen molar-refractivity contribution in [1.82, 2.24) is 10.2 Å². The Balaban J connectivity index is 2.29. The van der Waals surface area contributed by atoms with Crippen LogP contribution in [0, 0.1) is 5.92 Å². The SMILES string of the molecule is CCC(C(C)C)N1CC(C)(C)NCC1c1ccccc1. The first kappa shape index (κ1) is 15.5. The van der Waals surface area contributed by atoms with E-state index in [1.165, 1.54) is 12.0 Å². The first-order chi connectivity index (χ1) is 9.44. The predicted octanol–water partition coefficient (Wildman–Crippen LogP) is 3.85. The Bertz CT molecular complexity index is 411. The summed E-state index contributed by atoms with van der Waals surface area (Å²) in [5.74, 6) is 0.695. The van der Waals surface area contributed by atoms with Crippen molar-refractivity contribution < 1.29 is 0 Å². The van der Waals surface area contributed by atoms with Crippen molar-refractivity contribution in [2.75, 3.05) is 13.1 Å². The smallest absolute Gasteiger partial charge is 0.0476 e. The van der Waals surface area contributed by atoms with Crippen molar-refractivity contribution in [2.24, 2.45) is 5.92 Å². The van der Waals surface area contributed by atoms with Crippen molar-refractivity contribution in [3.05, 3.63) is 35.9 Å². The van der Waals surface area contributed by atoms with E-state index in [1.807, 2.05) is 0 Å². The topological polar surface area (TPSA) is 15.3 Å². The van der Waals surface area contributed by atoms with Crippen LogP contribution < -0.4 is 5.32 Å². The molecule has 0 amide bonds. The molecule has 0 spiro atoms. The molecule has 1 fully saturated rings. The monoisotopic (exact) mass is 274 g/mol. The molecule has 0 bridgehead atoms. The minimum Gasteiger partial charge on any atom is -0.309 e. The lowest BCUT2D eigenvalue weighted by Gasteiger charge is -2.49. The molecule has 2 nitrogen and oxygen atoms in total. The maximum atomic E-state index is 3.71. The van der Waals surface area contributed by atoms with Gasteiger partial charge in [0.1, 0.15) is 0 Å². The average molecular weight is 274 g/mol. The molecule has 1 aromatic carbocycles. The summed E-state index contributed by atoms with van der Waals surface area (Å²) in [7, 11) is 0. The van der Waals surface area contributed by atoms with E-state index in [1.54, 1.807) is 0 Å². The van der Waals surface area contributed by atoms with E-state index in [2.05, 4.69) is 75.2 Å². The first-order valence-corrected chi connectivity index (χ1v) is 8.00. The van der Waals surface area contributed by atoms with E-state index in [0.29, 0.717) is 18.0 Å². The molecule has 1 aromatic rings. The molecule has 2 rings (SSSR count). The van der Waals surface area contributed by atoms with Gasteiger partial charge in [0, 0.05) is 30.7 Å². The van der Waals surface area contributed by atoms with Gasteiger partial charge in [-0.15, -0.1) is 0 Å². The second-order valence-electron chi connectivity index (χ2n) is 7.08. The molecule has 0 saturated carbocycles. The van der Waals surface area contributed by atoms with Gasteiger partial charge >= 0.3 is 0 Å². The lowest BCUT2D eigenvalue weighted by atomic mass is 9.89. The van der Waals surface area contributed by atoms with E-state index in [4.69, 9.17) is 0 Å². The predicted molar refractivity (Wildman–Crippen MR) is 86.9 cm³/mol. The van der Waals surface area contributed by atoms with Crippen LogP contribution in [0.3, 0.4) is 0 Å². The first-order valence-electron chi connectivity index (χ1n) is 8.00. The van der Waals surface area contributed by atoms with E-state index in [9.17, 15) is 0 Å². The normalized spacial score (nSPS) is 24.8.